The third-order valence-corrected chi connectivity index (χ3v) is 3.84. The van der Waals surface area contributed by atoms with E-state index in [1.807, 2.05) is 49.4 Å². The maximum atomic E-state index is 12.5. The van der Waals surface area contributed by atoms with Crippen molar-refractivity contribution in [3.8, 4) is 5.75 Å². The maximum absolute atomic E-state index is 12.5. The van der Waals surface area contributed by atoms with E-state index >= 15 is 0 Å². The van der Waals surface area contributed by atoms with Gasteiger partial charge >= 0.3 is 0 Å². The fourth-order valence-corrected chi connectivity index (χ4v) is 2.56. The highest BCUT2D eigenvalue weighted by atomic mass is 16.5. The van der Waals surface area contributed by atoms with Crippen LogP contribution in [0.4, 0.5) is 0 Å². The second kappa shape index (κ2) is 7.81. The Morgan fingerprint density at radius 1 is 1.20 bits per heavy atom. The molecule has 1 amide bonds. The van der Waals surface area contributed by atoms with Crippen molar-refractivity contribution in [2.45, 2.75) is 13.5 Å². The summed E-state index contributed by atoms with van der Waals surface area (Å²) in [4.78, 5) is 12.5. The van der Waals surface area contributed by atoms with Gasteiger partial charge in [-0.15, -0.1) is 0 Å². The second-order valence-electron chi connectivity index (χ2n) is 5.79. The van der Waals surface area contributed by atoms with Gasteiger partial charge in [0, 0.05) is 19.0 Å². The van der Waals surface area contributed by atoms with Crippen LogP contribution in [0.25, 0.3) is 10.9 Å². The van der Waals surface area contributed by atoms with E-state index in [0.717, 1.165) is 27.8 Å². The Labute approximate surface area is 146 Å². The van der Waals surface area contributed by atoms with E-state index in [9.17, 15) is 4.79 Å². The number of methoxy groups -OCH3 is 1. The number of aromatic amines is 1. The molecule has 3 aromatic rings. The highest BCUT2D eigenvalue weighted by Gasteiger charge is 2.14. The first kappa shape index (κ1) is 17.0. The number of rotatable bonds is 7. The van der Waals surface area contributed by atoms with E-state index in [0.29, 0.717) is 25.5 Å². The number of carbonyl (C=O) groups excluding carboxylic acids is 1. The minimum absolute atomic E-state index is 0.206. The molecular weight excluding hydrogens is 318 g/mol. The summed E-state index contributed by atoms with van der Waals surface area (Å²) < 4.78 is 10.5. The molecule has 0 spiro atoms. The third-order valence-electron chi connectivity index (χ3n) is 3.84. The molecule has 0 radical (unpaired) electrons. The van der Waals surface area contributed by atoms with Crippen molar-refractivity contribution >= 4 is 16.8 Å². The van der Waals surface area contributed by atoms with E-state index in [-0.39, 0.29) is 5.91 Å². The molecule has 6 heteroatoms. The molecule has 0 fully saturated rings. The van der Waals surface area contributed by atoms with E-state index in [1.54, 1.807) is 7.11 Å². The number of H-pyrrole nitrogens is 1. The van der Waals surface area contributed by atoms with Crippen LogP contribution in [0.3, 0.4) is 0 Å². The number of hydrogen-bond donors (Lipinski definition) is 2. The Morgan fingerprint density at radius 2 is 2.08 bits per heavy atom. The molecule has 1 aromatic heterocycles. The number of nitrogens with zero attached hydrogens (tertiary/aromatic N) is 1. The van der Waals surface area contributed by atoms with Crippen molar-refractivity contribution in [2.75, 3.05) is 20.3 Å². The van der Waals surface area contributed by atoms with E-state index in [2.05, 4.69) is 15.5 Å². The van der Waals surface area contributed by atoms with Crippen LogP contribution < -0.4 is 10.1 Å². The summed E-state index contributed by atoms with van der Waals surface area (Å²) in [6.07, 6.45) is 0. The number of benzene rings is 2. The molecule has 0 saturated carbocycles. The van der Waals surface area contributed by atoms with Crippen molar-refractivity contribution in [1.29, 1.82) is 0 Å². The molecule has 2 aromatic carbocycles. The van der Waals surface area contributed by atoms with Gasteiger partial charge in [-0.1, -0.05) is 23.8 Å². The van der Waals surface area contributed by atoms with Crippen LogP contribution in [0.5, 0.6) is 5.75 Å². The Kier molecular flexibility index (Phi) is 5.30. The Hall–Kier alpha value is -2.86. The molecule has 0 atom stereocenters. The molecule has 0 aliphatic heterocycles. The molecular formula is C19H21N3O3. The Balaban J connectivity index is 1.65. The molecule has 0 aliphatic rings. The fourth-order valence-electron chi connectivity index (χ4n) is 2.56. The smallest absolute Gasteiger partial charge is 0.272 e. The minimum atomic E-state index is -0.206. The molecule has 0 unspecified atom stereocenters. The maximum Gasteiger partial charge on any atom is 0.272 e. The summed E-state index contributed by atoms with van der Waals surface area (Å²) >= 11 is 0. The van der Waals surface area contributed by atoms with E-state index in [4.69, 9.17) is 9.47 Å². The average Bonchev–Trinajstić information content (AvgIpc) is 3.03. The van der Waals surface area contributed by atoms with Crippen LogP contribution >= 0.6 is 0 Å². The van der Waals surface area contributed by atoms with Crippen molar-refractivity contribution in [3.05, 3.63) is 59.3 Å². The normalized spacial score (nSPS) is 10.8. The predicted molar refractivity (Wildman–Crippen MR) is 95.8 cm³/mol. The SMILES string of the molecule is COCCOc1cccc(CNC(=O)c2n[nH]c3ccc(C)cc23)c1. The zero-order valence-corrected chi connectivity index (χ0v) is 14.3. The Bertz CT molecular complexity index is 873. The number of ether oxygens (including phenoxy) is 2. The number of aromatic nitrogens is 2. The standard InChI is InChI=1S/C19H21N3O3/c1-13-6-7-17-16(10-13)18(22-21-17)19(23)20-12-14-4-3-5-15(11-14)25-9-8-24-2/h3-7,10-11H,8-9,12H2,1-2H3,(H,20,23)(H,21,22). The molecule has 0 saturated heterocycles. The van der Waals surface area contributed by atoms with Gasteiger partial charge in [-0.25, -0.2) is 0 Å². The van der Waals surface area contributed by atoms with Gasteiger partial charge in [0.05, 0.1) is 12.1 Å². The lowest BCUT2D eigenvalue weighted by Gasteiger charge is -2.08. The number of hydrogen-bond acceptors (Lipinski definition) is 4. The molecule has 25 heavy (non-hydrogen) atoms. The lowest BCUT2D eigenvalue weighted by molar-refractivity contribution is 0.0947. The fraction of sp³-hybridized carbons (Fsp3) is 0.263. The van der Waals surface area contributed by atoms with E-state index < -0.39 is 0 Å². The summed E-state index contributed by atoms with van der Waals surface area (Å²) in [6, 6.07) is 13.5. The molecule has 6 nitrogen and oxygen atoms in total. The summed E-state index contributed by atoms with van der Waals surface area (Å²) in [5.74, 6) is 0.548. The molecule has 0 aliphatic carbocycles. The van der Waals surface area contributed by atoms with Gasteiger partial charge in [-0.3, -0.25) is 9.89 Å². The van der Waals surface area contributed by atoms with Crippen molar-refractivity contribution in [3.63, 3.8) is 0 Å². The molecule has 130 valence electrons. The first-order valence-corrected chi connectivity index (χ1v) is 8.11. The molecule has 0 bridgehead atoms. The number of nitrogens with one attached hydrogen (secondary N) is 2. The van der Waals surface area contributed by atoms with Crippen molar-refractivity contribution in [1.82, 2.24) is 15.5 Å². The predicted octanol–water partition coefficient (Wildman–Crippen LogP) is 2.83. The first-order chi connectivity index (χ1) is 12.2. The lowest BCUT2D eigenvalue weighted by atomic mass is 10.1. The van der Waals surface area contributed by atoms with Crippen LogP contribution in [-0.4, -0.2) is 36.4 Å². The number of carbonyl (C=O) groups is 1. The van der Waals surface area contributed by atoms with Crippen LogP contribution in [-0.2, 0) is 11.3 Å². The molecule has 3 rings (SSSR count). The van der Waals surface area contributed by atoms with E-state index in [1.165, 1.54) is 0 Å². The monoisotopic (exact) mass is 339 g/mol. The number of amides is 1. The van der Waals surface area contributed by atoms with Gasteiger partial charge in [0.15, 0.2) is 5.69 Å². The minimum Gasteiger partial charge on any atom is -0.491 e. The summed E-state index contributed by atoms with van der Waals surface area (Å²) in [5, 5.41) is 10.8. The number of fused-ring (bicyclic) bond motifs is 1. The van der Waals surface area contributed by atoms with Crippen LogP contribution in [0.1, 0.15) is 21.6 Å². The number of aryl methyl sites for hydroxylation is 1. The highest BCUT2D eigenvalue weighted by Crippen LogP contribution is 2.18. The van der Waals surface area contributed by atoms with Crippen molar-refractivity contribution < 1.29 is 14.3 Å². The first-order valence-electron chi connectivity index (χ1n) is 8.11. The molecule has 2 N–H and O–H groups in total. The third kappa shape index (κ3) is 4.16. The lowest BCUT2D eigenvalue weighted by Crippen LogP contribution is -2.23. The molecule has 1 heterocycles. The summed E-state index contributed by atoms with van der Waals surface area (Å²) in [7, 11) is 1.63. The van der Waals surface area contributed by atoms with Crippen LogP contribution in [0.2, 0.25) is 0 Å². The van der Waals surface area contributed by atoms with Crippen molar-refractivity contribution in [2.24, 2.45) is 0 Å². The van der Waals surface area contributed by atoms with Gasteiger partial charge in [0.25, 0.3) is 5.91 Å². The summed E-state index contributed by atoms with van der Waals surface area (Å²) in [6.45, 7) is 3.42. The highest BCUT2D eigenvalue weighted by molar-refractivity contribution is 6.04. The average molecular weight is 339 g/mol. The van der Waals surface area contributed by atoms with Gasteiger partial charge < -0.3 is 14.8 Å². The van der Waals surface area contributed by atoms with Gasteiger partial charge in [-0.05, 0) is 36.8 Å². The largest absolute Gasteiger partial charge is 0.491 e. The van der Waals surface area contributed by atoms with Gasteiger partial charge in [-0.2, -0.15) is 5.10 Å². The Morgan fingerprint density at radius 3 is 2.92 bits per heavy atom. The van der Waals surface area contributed by atoms with Crippen LogP contribution in [0.15, 0.2) is 42.5 Å². The second-order valence-corrected chi connectivity index (χ2v) is 5.79. The zero-order valence-electron chi connectivity index (χ0n) is 14.3. The quantitative estimate of drug-likeness (QED) is 0.649. The van der Waals surface area contributed by atoms with Gasteiger partial charge in [0.2, 0.25) is 0 Å². The summed E-state index contributed by atoms with van der Waals surface area (Å²) in [5.41, 5.74) is 3.30. The topological polar surface area (TPSA) is 76.2 Å². The zero-order chi connectivity index (χ0) is 17.6. The van der Waals surface area contributed by atoms with Crippen LogP contribution in [0, 0.1) is 6.92 Å². The van der Waals surface area contributed by atoms with Gasteiger partial charge in [0.1, 0.15) is 12.4 Å².